The third-order valence-electron chi connectivity index (χ3n) is 2.18. The van der Waals surface area contributed by atoms with Crippen LogP contribution in [0.1, 0.15) is 0 Å². The summed E-state index contributed by atoms with van der Waals surface area (Å²) in [5.74, 6) is -1.71. The lowest BCUT2D eigenvalue weighted by Gasteiger charge is -2.22. The number of hydrogen-bond donors (Lipinski definition) is 1. The molecule has 1 aromatic carbocycles. The third-order valence-corrected chi connectivity index (χ3v) is 4.95. The van der Waals surface area contributed by atoms with E-state index >= 15 is 0 Å². The second-order valence-electron chi connectivity index (χ2n) is 3.86. The minimum atomic E-state index is -4.88. The van der Waals surface area contributed by atoms with Crippen LogP contribution >= 0.6 is 27.5 Å². The lowest BCUT2D eigenvalue weighted by molar-refractivity contribution is -0.146. The van der Waals surface area contributed by atoms with Gasteiger partial charge in [-0.2, -0.15) is 17.5 Å². The summed E-state index contributed by atoms with van der Waals surface area (Å²) in [6.45, 7) is -3.25. The molecule has 0 saturated carbocycles. The second-order valence-corrected chi connectivity index (χ2v) is 7.09. The highest BCUT2D eigenvalue weighted by molar-refractivity contribution is 9.10. The minimum Gasteiger partial charge on any atom is -0.480 e. The monoisotopic (exact) mass is 409 g/mol. The Kier molecular flexibility index (Phi) is 5.64. The fraction of sp³-hybridized carbons (Fsp3) is 0.300. The summed E-state index contributed by atoms with van der Waals surface area (Å²) in [6, 6.07) is 3.44. The average molecular weight is 411 g/mol. The van der Waals surface area contributed by atoms with Gasteiger partial charge in [0, 0.05) is 4.47 Å². The van der Waals surface area contributed by atoms with Gasteiger partial charge in [-0.15, -0.1) is 0 Å². The maximum atomic E-state index is 12.4. The highest BCUT2D eigenvalue weighted by atomic mass is 79.9. The normalized spacial score (nSPS) is 12.7. The van der Waals surface area contributed by atoms with Crippen LogP contribution in [0.5, 0.6) is 0 Å². The van der Waals surface area contributed by atoms with Crippen LogP contribution in [-0.2, 0) is 14.8 Å². The van der Waals surface area contributed by atoms with E-state index in [2.05, 4.69) is 15.9 Å². The molecule has 1 aromatic rings. The molecule has 0 aromatic heterocycles. The Morgan fingerprint density at radius 1 is 1.38 bits per heavy atom. The van der Waals surface area contributed by atoms with Gasteiger partial charge < -0.3 is 5.11 Å². The fourth-order valence-electron chi connectivity index (χ4n) is 1.40. The van der Waals surface area contributed by atoms with E-state index in [1.54, 1.807) is 0 Å². The van der Waals surface area contributed by atoms with Crippen LogP contribution in [0.4, 0.5) is 13.2 Å². The van der Waals surface area contributed by atoms with Crippen molar-refractivity contribution in [3.8, 4) is 0 Å². The maximum Gasteiger partial charge on any atom is 0.402 e. The average Bonchev–Trinajstić information content (AvgIpc) is 2.24. The Bertz CT molecular complexity index is 650. The van der Waals surface area contributed by atoms with Crippen molar-refractivity contribution in [1.82, 2.24) is 4.31 Å². The zero-order valence-corrected chi connectivity index (χ0v) is 13.2. The van der Waals surface area contributed by atoms with Crippen LogP contribution < -0.4 is 0 Å². The van der Waals surface area contributed by atoms with Crippen LogP contribution in [-0.4, -0.2) is 43.1 Å². The van der Waals surface area contributed by atoms with Crippen molar-refractivity contribution in [2.24, 2.45) is 0 Å². The van der Waals surface area contributed by atoms with Crippen LogP contribution in [0.15, 0.2) is 27.6 Å². The zero-order chi connectivity index (χ0) is 16.4. The van der Waals surface area contributed by atoms with Gasteiger partial charge in [-0.1, -0.05) is 27.5 Å². The first-order valence-electron chi connectivity index (χ1n) is 5.17. The quantitative estimate of drug-likeness (QED) is 0.810. The molecule has 0 radical (unpaired) electrons. The van der Waals surface area contributed by atoms with E-state index in [0.29, 0.717) is 4.47 Å². The summed E-state index contributed by atoms with van der Waals surface area (Å²) in [4.78, 5) is 10.00. The molecule has 11 heteroatoms. The predicted octanol–water partition coefficient (Wildman–Crippen LogP) is 2.74. The first-order chi connectivity index (χ1) is 9.43. The van der Waals surface area contributed by atoms with Crippen molar-refractivity contribution in [2.75, 3.05) is 13.1 Å². The molecule has 118 valence electrons. The van der Waals surface area contributed by atoms with Crippen LogP contribution in [0, 0.1) is 0 Å². The predicted molar refractivity (Wildman–Crippen MR) is 71.6 cm³/mol. The van der Waals surface area contributed by atoms with E-state index in [4.69, 9.17) is 16.7 Å². The van der Waals surface area contributed by atoms with Crippen LogP contribution in [0.2, 0.25) is 5.02 Å². The van der Waals surface area contributed by atoms with Crippen molar-refractivity contribution >= 4 is 43.5 Å². The number of carboxylic acids is 1. The molecule has 0 aliphatic carbocycles. The number of sulfonamides is 1. The number of nitrogens with zero attached hydrogens (tertiary/aromatic N) is 1. The Hall–Kier alpha value is -0.840. The molecular formula is C10H8BrClF3NO4S. The number of halogens is 5. The van der Waals surface area contributed by atoms with Crippen molar-refractivity contribution in [3.05, 3.63) is 27.7 Å². The molecule has 1 rings (SSSR count). The molecule has 0 aliphatic heterocycles. The van der Waals surface area contributed by atoms with Crippen LogP contribution in [0.3, 0.4) is 0 Å². The van der Waals surface area contributed by atoms with E-state index in [-0.39, 0.29) is 9.33 Å². The van der Waals surface area contributed by atoms with Gasteiger partial charge in [0.1, 0.15) is 18.0 Å². The first-order valence-corrected chi connectivity index (χ1v) is 7.78. The smallest absolute Gasteiger partial charge is 0.402 e. The number of benzene rings is 1. The number of aliphatic carboxylic acids is 1. The van der Waals surface area contributed by atoms with E-state index in [1.807, 2.05) is 0 Å². The van der Waals surface area contributed by atoms with Gasteiger partial charge in [0.25, 0.3) is 0 Å². The van der Waals surface area contributed by atoms with Crippen molar-refractivity contribution in [3.63, 3.8) is 0 Å². The number of rotatable bonds is 5. The van der Waals surface area contributed by atoms with Crippen molar-refractivity contribution < 1.29 is 31.5 Å². The van der Waals surface area contributed by atoms with Crippen molar-refractivity contribution in [2.45, 2.75) is 11.1 Å². The summed E-state index contributed by atoms with van der Waals surface area (Å²) < 4.78 is 61.8. The van der Waals surface area contributed by atoms with E-state index in [9.17, 15) is 26.4 Å². The Balaban J connectivity index is 3.29. The molecular weight excluding hydrogens is 403 g/mol. The second kappa shape index (κ2) is 6.51. The van der Waals surface area contributed by atoms with Gasteiger partial charge >= 0.3 is 12.1 Å². The highest BCUT2D eigenvalue weighted by Crippen LogP contribution is 2.29. The SMILES string of the molecule is O=C(O)CN(CC(F)(F)F)S(=O)(=O)c1ccc(Br)cc1Cl. The molecule has 0 unspecified atom stereocenters. The molecule has 0 aliphatic rings. The van der Waals surface area contributed by atoms with Gasteiger partial charge in [0.15, 0.2) is 0 Å². The number of alkyl halides is 3. The molecule has 5 nitrogen and oxygen atoms in total. The lowest BCUT2D eigenvalue weighted by Crippen LogP contribution is -2.42. The van der Waals surface area contributed by atoms with Gasteiger partial charge in [-0.05, 0) is 18.2 Å². The number of carbonyl (C=O) groups is 1. The molecule has 0 bridgehead atoms. The molecule has 0 fully saturated rings. The number of hydrogen-bond acceptors (Lipinski definition) is 3. The van der Waals surface area contributed by atoms with Gasteiger partial charge in [0.05, 0.1) is 5.02 Å². The third kappa shape index (κ3) is 5.13. The molecule has 1 N–H and O–H groups in total. The fourth-order valence-corrected chi connectivity index (χ4v) is 3.79. The first kappa shape index (κ1) is 18.2. The molecule has 0 amide bonds. The number of carboxylic acid groups (broad SMARTS) is 1. The molecule has 0 saturated heterocycles. The van der Waals surface area contributed by atoms with Gasteiger partial charge in [0.2, 0.25) is 10.0 Å². The van der Waals surface area contributed by atoms with E-state index in [0.717, 1.165) is 6.07 Å². The largest absolute Gasteiger partial charge is 0.480 e. The Morgan fingerprint density at radius 2 is 1.95 bits per heavy atom. The van der Waals surface area contributed by atoms with Gasteiger partial charge in [-0.25, -0.2) is 8.42 Å². The van der Waals surface area contributed by atoms with Crippen LogP contribution in [0.25, 0.3) is 0 Å². The maximum absolute atomic E-state index is 12.4. The van der Waals surface area contributed by atoms with Gasteiger partial charge in [-0.3, -0.25) is 4.79 Å². The summed E-state index contributed by atoms with van der Waals surface area (Å²) in [7, 11) is -4.70. The Morgan fingerprint density at radius 3 is 2.38 bits per heavy atom. The standard InChI is InChI=1S/C10H8BrClF3NO4S/c11-6-1-2-8(7(12)3-6)21(19,20)16(4-9(17)18)5-10(13,14)15/h1-3H,4-5H2,(H,17,18). The molecule has 0 heterocycles. The Labute approximate surface area is 131 Å². The molecule has 0 atom stereocenters. The van der Waals surface area contributed by atoms with Crippen molar-refractivity contribution in [1.29, 1.82) is 0 Å². The minimum absolute atomic E-state index is 0.190. The summed E-state index contributed by atoms with van der Waals surface area (Å²) in [6.07, 6.45) is -4.88. The summed E-state index contributed by atoms with van der Waals surface area (Å²) in [5, 5.41) is 8.27. The highest BCUT2D eigenvalue weighted by Gasteiger charge is 2.38. The summed E-state index contributed by atoms with van der Waals surface area (Å²) >= 11 is 8.72. The molecule has 0 spiro atoms. The zero-order valence-electron chi connectivity index (χ0n) is 10.1. The molecule has 21 heavy (non-hydrogen) atoms. The summed E-state index contributed by atoms with van der Waals surface area (Å²) in [5.41, 5.74) is 0. The van der Waals surface area contributed by atoms with E-state index in [1.165, 1.54) is 12.1 Å². The lowest BCUT2D eigenvalue weighted by atomic mass is 10.4. The van der Waals surface area contributed by atoms with E-state index < -0.39 is 40.2 Å². The topological polar surface area (TPSA) is 74.7 Å².